The Kier molecular flexibility index (Phi) is 5.99. The molecule has 1 aromatic carbocycles. The molecule has 1 heterocycles. The summed E-state index contributed by atoms with van der Waals surface area (Å²) < 4.78 is 1.31. The number of hydrogen-bond acceptors (Lipinski definition) is 3. The minimum absolute atomic E-state index is 0.568. The summed E-state index contributed by atoms with van der Waals surface area (Å²) in [6, 6.07) is 9.00. The van der Waals surface area contributed by atoms with Crippen molar-refractivity contribution in [2.45, 2.75) is 52.5 Å². The van der Waals surface area contributed by atoms with Gasteiger partial charge in [0.1, 0.15) is 0 Å². The zero-order valence-electron chi connectivity index (χ0n) is 12.9. The highest BCUT2D eigenvalue weighted by atomic mass is 32.1. The molecule has 2 rings (SSSR count). The minimum atomic E-state index is 0.568. The monoisotopic (exact) mass is 290 g/mol. The van der Waals surface area contributed by atoms with Crippen molar-refractivity contribution in [3.63, 3.8) is 0 Å². The SMILES string of the molecule is CCCNC(CCC(C)C)Cc1nc2ccccc2s1. The molecule has 1 unspecified atom stereocenters. The minimum Gasteiger partial charge on any atom is -0.314 e. The molecule has 3 heteroatoms. The molecule has 0 saturated heterocycles. The molecule has 2 nitrogen and oxygen atoms in total. The first kappa shape index (κ1) is 15.5. The number of rotatable bonds is 8. The van der Waals surface area contributed by atoms with Crippen molar-refractivity contribution in [3.8, 4) is 0 Å². The summed E-state index contributed by atoms with van der Waals surface area (Å²) in [4.78, 5) is 4.77. The van der Waals surface area contributed by atoms with Crippen LogP contribution in [-0.2, 0) is 6.42 Å². The normalized spacial score (nSPS) is 13.2. The second-order valence-corrected chi connectivity index (χ2v) is 7.02. The summed E-state index contributed by atoms with van der Waals surface area (Å²) in [6.07, 6.45) is 4.78. The van der Waals surface area contributed by atoms with Crippen LogP contribution in [0, 0.1) is 5.92 Å². The van der Waals surface area contributed by atoms with E-state index in [0.29, 0.717) is 6.04 Å². The van der Waals surface area contributed by atoms with Gasteiger partial charge in [0.15, 0.2) is 0 Å². The lowest BCUT2D eigenvalue weighted by molar-refractivity contribution is 0.427. The third-order valence-electron chi connectivity index (χ3n) is 3.53. The fraction of sp³-hybridized carbons (Fsp3) is 0.588. The average Bonchev–Trinajstić information content (AvgIpc) is 2.83. The van der Waals surface area contributed by atoms with Gasteiger partial charge in [-0.1, -0.05) is 32.9 Å². The molecule has 0 amide bonds. The van der Waals surface area contributed by atoms with Crippen molar-refractivity contribution in [1.82, 2.24) is 10.3 Å². The maximum atomic E-state index is 4.77. The van der Waals surface area contributed by atoms with Gasteiger partial charge in [-0.3, -0.25) is 0 Å². The molecule has 1 aromatic heterocycles. The lowest BCUT2D eigenvalue weighted by Gasteiger charge is -2.18. The zero-order chi connectivity index (χ0) is 14.4. The van der Waals surface area contributed by atoms with E-state index in [1.165, 1.54) is 29.0 Å². The molecule has 0 radical (unpaired) electrons. The van der Waals surface area contributed by atoms with Crippen molar-refractivity contribution < 1.29 is 0 Å². The summed E-state index contributed by atoms with van der Waals surface area (Å²) in [5.74, 6) is 0.774. The zero-order valence-corrected chi connectivity index (χ0v) is 13.7. The molecule has 2 aromatic rings. The Bertz CT molecular complexity index is 485. The van der Waals surface area contributed by atoms with Gasteiger partial charge in [-0.05, 0) is 43.9 Å². The number of fused-ring (bicyclic) bond motifs is 1. The second kappa shape index (κ2) is 7.75. The molecule has 0 aliphatic heterocycles. The van der Waals surface area contributed by atoms with Crippen LogP contribution >= 0.6 is 11.3 Å². The van der Waals surface area contributed by atoms with E-state index in [0.717, 1.165) is 24.4 Å². The Balaban J connectivity index is 2.01. The van der Waals surface area contributed by atoms with Gasteiger partial charge in [0.05, 0.1) is 15.2 Å². The Morgan fingerprint density at radius 1 is 1.20 bits per heavy atom. The molecule has 1 atom stereocenters. The average molecular weight is 290 g/mol. The van der Waals surface area contributed by atoms with E-state index < -0.39 is 0 Å². The number of nitrogens with one attached hydrogen (secondary N) is 1. The highest BCUT2D eigenvalue weighted by molar-refractivity contribution is 7.18. The number of benzene rings is 1. The number of aromatic nitrogens is 1. The topological polar surface area (TPSA) is 24.9 Å². The van der Waals surface area contributed by atoms with Gasteiger partial charge in [-0.15, -0.1) is 11.3 Å². The van der Waals surface area contributed by atoms with Gasteiger partial charge in [0.2, 0.25) is 0 Å². The predicted octanol–water partition coefficient (Wildman–Crippen LogP) is 4.64. The van der Waals surface area contributed by atoms with Gasteiger partial charge < -0.3 is 5.32 Å². The summed E-state index contributed by atoms with van der Waals surface area (Å²) in [5, 5.41) is 4.95. The Hall–Kier alpha value is -0.930. The maximum absolute atomic E-state index is 4.77. The fourth-order valence-corrected chi connectivity index (χ4v) is 3.42. The lowest BCUT2D eigenvalue weighted by atomic mass is 10.0. The van der Waals surface area contributed by atoms with E-state index in [1.54, 1.807) is 0 Å². The third kappa shape index (κ3) is 4.57. The van der Waals surface area contributed by atoms with Crippen LogP contribution < -0.4 is 5.32 Å². The molecule has 0 fully saturated rings. The summed E-state index contributed by atoms with van der Waals surface area (Å²) in [5.41, 5.74) is 1.14. The Morgan fingerprint density at radius 3 is 2.70 bits per heavy atom. The van der Waals surface area contributed by atoms with E-state index in [1.807, 2.05) is 11.3 Å². The highest BCUT2D eigenvalue weighted by Crippen LogP contribution is 2.23. The largest absolute Gasteiger partial charge is 0.314 e. The van der Waals surface area contributed by atoms with Crippen molar-refractivity contribution >= 4 is 21.6 Å². The molecule has 20 heavy (non-hydrogen) atoms. The molecular formula is C17H26N2S. The van der Waals surface area contributed by atoms with Gasteiger partial charge in [0, 0.05) is 12.5 Å². The van der Waals surface area contributed by atoms with Gasteiger partial charge in [0.25, 0.3) is 0 Å². The summed E-state index contributed by atoms with van der Waals surface area (Å²) in [6.45, 7) is 7.93. The first-order valence-corrected chi connectivity index (χ1v) is 8.58. The molecule has 1 N–H and O–H groups in total. The van der Waals surface area contributed by atoms with Crippen molar-refractivity contribution in [1.29, 1.82) is 0 Å². The van der Waals surface area contributed by atoms with E-state index in [9.17, 15) is 0 Å². The molecule has 0 aliphatic carbocycles. The summed E-state index contributed by atoms with van der Waals surface area (Å²) >= 11 is 1.84. The molecular weight excluding hydrogens is 264 g/mol. The fourth-order valence-electron chi connectivity index (χ4n) is 2.38. The smallest absolute Gasteiger partial charge is 0.0954 e. The van der Waals surface area contributed by atoms with Crippen LogP contribution in [0.4, 0.5) is 0 Å². The van der Waals surface area contributed by atoms with Crippen LogP contribution in [0.15, 0.2) is 24.3 Å². The predicted molar refractivity (Wildman–Crippen MR) is 89.5 cm³/mol. The first-order chi connectivity index (χ1) is 9.69. The molecule has 0 bridgehead atoms. The highest BCUT2D eigenvalue weighted by Gasteiger charge is 2.12. The molecule has 0 aliphatic rings. The molecule has 0 saturated carbocycles. The standard InChI is InChI=1S/C17H26N2S/c1-4-11-18-14(10-9-13(2)3)12-17-19-15-7-5-6-8-16(15)20-17/h5-8,13-14,18H,4,9-12H2,1-3H3. The lowest BCUT2D eigenvalue weighted by Crippen LogP contribution is -2.32. The van der Waals surface area contributed by atoms with Gasteiger partial charge in [-0.25, -0.2) is 4.98 Å². The van der Waals surface area contributed by atoms with Crippen LogP contribution in [0.25, 0.3) is 10.2 Å². The quantitative estimate of drug-likeness (QED) is 0.766. The van der Waals surface area contributed by atoms with Gasteiger partial charge >= 0.3 is 0 Å². The van der Waals surface area contributed by atoms with Crippen LogP contribution in [0.1, 0.15) is 45.0 Å². The number of thiazole rings is 1. The number of nitrogens with zero attached hydrogens (tertiary/aromatic N) is 1. The Labute approximate surface area is 126 Å². The summed E-state index contributed by atoms with van der Waals surface area (Å²) in [7, 11) is 0. The first-order valence-electron chi connectivity index (χ1n) is 7.77. The van der Waals surface area contributed by atoms with Crippen LogP contribution in [-0.4, -0.2) is 17.6 Å². The van der Waals surface area contributed by atoms with Crippen LogP contribution in [0.2, 0.25) is 0 Å². The second-order valence-electron chi connectivity index (χ2n) is 5.90. The van der Waals surface area contributed by atoms with E-state index in [-0.39, 0.29) is 0 Å². The van der Waals surface area contributed by atoms with Crippen LogP contribution in [0.3, 0.4) is 0 Å². The van der Waals surface area contributed by atoms with Crippen molar-refractivity contribution in [2.24, 2.45) is 5.92 Å². The van der Waals surface area contributed by atoms with Gasteiger partial charge in [-0.2, -0.15) is 0 Å². The van der Waals surface area contributed by atoms with Crippen molar-refractivity contribution in [3.05, 3.63) is 29.3 Å². The van der Waals surface area contributed by atoms with E-state index >= 15 is 0 Å². The van der Waals surface area contributed by atoms with E-state index in [4.69, 9.17) is 4.98 Å². The molecule has 0 spiro atoms. The number of para-hydroxylation sites is 1. The van der Waals surface area contributed by atoms with Crippen LogP contribution in [0.5, 0.6) is 0 Å². The van der Waals surface area contributed by atoms with Crippen molar-refractivity contribution in [2.75, 3.05) is 6.54 Å². The Morgan fingerprint density at radius 2 is 2.00 bits per heavy atom. The number of hydrogen-bond donors (Lipinski definition) is 1. The third-order valence-corrected chi connectivity index (χ3v) is 4.59. The molecule has 110 valence electrons. The maximum Gasteiger partial charge on any atom is 0.0954 e. The van der Waals surface area contributed by atoms with E-state index in [2.05, 4.69) is 50.4 Å².